The SMILES string of the molecule is CC[C@@H](C)NC(=O)[C@@H](Cc1ccccc1)N(Cc1cccc(Cl)c1)C(=O)CCCN(c1ccc(Cl)cc1)S(C)(=O)=O. The molecule has 0 fully saturated rings. The average Bonchev–Trinajstić information content (AvgIpc) is 2.93. The maximum Gasteiger partial charge on any atom is 0.243 e. The van der Waals surface area contributed by atoms with Crippen LogP contribution >= 0.6 is 23.2 Å². The average molecular weight is 619 g/mol. The van der Waals surface area contributed by atoms with Crippen molar-refractivity contribution in [3.8, 4) is 0 Å². The van der Waals surface area contributed by atoms with Crippen LogP contribution in [0.5, 0.6) is 0 Å². The Hall–Kier alpha value is -3.07. The van der Waals surface area contributed by atoms with Gasteiger partial charge in [-0.3, -0.25) is 13.9 Å². The maximum atomic E-state index is 13.9. The van der Waals surface area contributed by atoms with Crippen molar-refractivity contribution in [1.82, 2.24) is 10.2 Å². The van der Waals surface area contributed by atoms with Gasteiger partial charge in [-0.25, -0.2) is 8.42 Å². The second-order valence-electron chi connectivity index (χ2n) is 10.1. The largest absolute Gasteiger partial charge is 0.352 e. The Morgan fingerprint density at radius 1 is 0.902 bits per heavy atom. The van der Waals surface area contributed by atoms with Crippen molar-refractivity contribution in [2.24, 2.45) is 0 Å². The molecule has 0 radical (unpaired) electrons. The van der Waals surface area contributed by atoms with Crippen molar-refractivity contribution in [2.45, 2.75) is 58.2 Å². The summed E-state index contributed by atoms with van der Waals surface area (Å²) in [6, 6.07) is 22.4. The van der Waals surface area contributed by atoms with Crippen LogP contribution in [0, 0.1) is 0 Å². The summed E-state index contributed by atoms with van der Waals surface area (Å²) in [7, 11) is -3.60. The molecule has 1 N–H and O–H groups in total. The van der Waals surface area contributed by atoms with Crippen LogP contribution in [0.1, 0.15) is 44.2 Å². The van der Waals surface area contributed by atoms with Gasteiger partial charge in [0.25, 0.3) is 0 Å². The summed E-state index contributed by atoms with van der Waals surface area (Å²) in [5, 5.41) is 4.07. The number of hydrogen-bond acceptors (Lipinski definition) is 4. The molecule has 0 aliphatic heterocycles. The van der Waals surface area contributed by atoms with E-state index in [0.717, 1.165) is 23.8 Å². The van der Waals surface area contributed by atoms with Gasteiger partial charge in [0.2, 0.25) is 21.8 Å². The molecular weight excluding hydrogens is 581 g/mol. The van der Waals surface area contributed by atoms with E-state index in [1.807, 2.05) is 56.3 Å². The molecule has 3 aromatic carbocycles. The molecule has 7 nitrogen and oxygen atoms in total. The van der Waals surface area contributed by atoms with Gasteiger partial charge in [0.1, 0.15) is 6.04 Å². The van der Waals surface area contributed by atoms with Gasteiger partial charge in [-0.2, -0.15) is 0 Å². The summed E-state index contributed by atoms with van der Waals surface area (Å²) in [4.78, 5) is 29.1. The first-order valence-electron chi connectivity index (χ1n) is 13.6. The number of carbonyl (C=O) groups excluding carboxylic acids is 2. The molecule has 0 heterocycles. The maximum absolute atomic E-state index is 13.9. The minimum atomic E-state index is -3.60. The normalized spacial score (nSPS) is 12.8. The monoisotopic (exact) mass is 617 g/mol. The first-order chi connectivity index (χ1) is 19.5. The molecule has 0 saturated carbocycles. The molecule has 0 saturated heterocycles. The van der Waals surface area contributed by atoms with E-state index < -0.39 is 16.1 Å². The predicted molar refractivity (Wildman–Crippen MR) is 167 cm³/mol. The molecule has 10 heteroatoms. The van der Waals surface area contributed by atoms with Crippen LogP contribution < -0.4 is 9.62 Å². The Morgan fingerprint density at radius 3 is 2.17 bits per heavy atom. The highest BCUT2D eigenvalue weighted by atomic mass is 35.5. The summed E-state index contributed by atoms with van der Waals surface area (Å²) in [6.45, 7) is 4.19. The number of carbonyl (C=O) groups is 2. The third-order valence-corrected chi connectivity index (χ3v) is 8.46. The van der Waals surface area contributed by atoms with E-state index >= 15 is 0 Å². The molecule has 0 aromatic heterocycles. The molecule has 0 aliphatic carbocycles. The standard InChI is InChI=1S/C31H37Cl2N3O4S/c1-4-23(2)34-31(38)29(21-24-10-6-5-7-11-24)35(22-25-12-8-13-27(33)20-25)30(37)14-9-19-36(41(3,39)40)28-17-15-26(32)16-18-28/h5-8,10-13,15-18,20,23,29H,4,9,14,19,21-22H2,1-3H3,(H,34,38)/t23-,29-/m1/s1. The lowest BCUT2D eigenvalue weighted by atomic mass is 10.0. The van der Waals surface area contributed by atoms with Crippen LogP contribution in [0.2, 0.25) is 10.0 Å². The number of halogens is 2. The molecular formula is C31H37Cl2N3O4S. The third-order valence-electron chi connectivity index (χ3n) is 6.78. The highest BCUT2D eigenvalue weighted by Gasteiger charge is 2.31. The van der Waals surface area contributed by atoms with Crippen LogP contribution in [-0.4, -0.2) is 50.0 Å². The van der Waals surface area contributed by atoms with E-state index in [4.69, 9.17) is 23.2 Å². The first kappa shape index (κ1) is 32.4. The van der Waals surface area contributed by atoms with Gasteiger partial charge >= 0.3 is 0 Å². The zero-order chi connectivity index (χ0) is 30.0. The van der Waals surface area contributed by atoms with Crippen LogP contribution in [0.25, 0.3) is 0 Å². The van der Waals surface area contributed by atoms with E-state index in [2.05, 4.69) is 5.32 Å². The fourth-order valence-corrected chi connectivity index (χ4v) is 5.74. The highest BCUT2D eigenvalue weighted by Crippen LogP contribution is 2.22. The first-order valence-corrected chi connectivity index (χ1v) is 16.2. The van der Waals surface area contributed by atoms with E-state index in [1.165, 1.54) is 4.31 Å². The molecule has 41 heavy (non-hydrogen) atoms. The van der Waals surface area contributed by atoms with Crippen LogP contribution in [-0.2, 0) is 32.6 Å². The molecule has 220 valence electrons. The van der Waals surface area contributed by atoms with Crippen LogP contribution in [0.3, 0.4) is 0 Å². The van der Waals surface area contributed by atoms with Gasteiger partial charge in [0.15, 0.2) is 0 Å². The Bertz CT molecular complexity index is 1400. The second kappa shape index (κ2) is 15.2. The van der Waals surface area contributed by atoms with Gasteiger partial charge in [-0.15, -0.1) is 0 Å². The topological polar surface area (TPSA) is 86.8 Å². The number of nitrogens with zero attached hydrogens (tertiary/aromatic N) is 2. The second-order valence-corrected chi connectivity index (χ2v) is 12.9. The van der Waals surface area contributed by atoms with Gasteiger partial charge < -0.3 is 10.2 Å². The van der Waals surface area contributed by atoms with E-state index in [-0.39, 0.29) is 43.8 Å². The molecule has 2 atom stereocenters. The molecule has 3 aromatic rings. The van der Waals surface area contributed by atoms with Gasteiger partial charge in [-0.1, -0.05) is 72.6 Å². The lowest BCUT2D eigenvalue weighted by molar-refractivity contribution is -0.141. The van der Waals surface area contributed by atoms with Gasteiger partial charge in [-0.05, 0) is 67.3 Å². The lowest BCUT2D eigenvalue weighted by Crippen LogP contribution is -2.52. The Kier molecular flexibility index (Phi) is 12.1. The number of nitrogens with one attached hydrogen (secondary N) is 1. The number of anilines is 1. The summed E-state index contributed by atoms with van der Waals surface area (Å²) >= 11 is 12.2. The minimum Gasteiger partial charge on any atom is -0.352 e. The number of sulfonamides is 1. The zero-order valence-corrected chi connectivity index (χ0v) is 25.9. The van der Waals surface area contributed by atoms with Gasteiger partial charge in [0.05, 0.1) is 11.9 Å². The fourth-order valence-electron chi connectivity index (χ4n) is 4.44. The van der Waals surface area contributed by atoms with Crippen molar-refractivity contribution in [1.29, 1.82) is 0 Å². The number of hydrogen-bond donors (Lipinski definition) is 1. The van der Waals surface area contributed by atoms with E-state index in [1.54, 1.807) is 41.3 Å². The summed E-state index contributed by atoms with van der Waals surface area (Å²) in [5.41, 5.74) is 2.18. The quantitative estimate of drug-likeness (QED) is 0.237. The molecule has 3 rings (SSSR count). The number of rotatable bonds is 14. The Labute approximate surface area is 253 Å². The Balaban J connectivity index is 1.89. The van der Waals surface area contributed by atoms with Crippen molar-refractivity contribution >= 4 is 50.7 Å². The molecule has 2 amide bonds. The number of benzene rings is 3. The van der Waals surface area contributed by atoms with E-state index in [9.17, 15) is 18.0 Å². The van der Waals surface area contributed by atoms with Crippen molar-refractivity contribution in [3.05, 3.63) is 100 Å². The molecule has 0 spiro atoms. The highest BCUT2D eigenvalue weighted by molar-refractivity contribution is 7.92. The summed E-state index contributed by atoms with van der Waals surface area (Å²) in [6.07, 6.45) is 2.51. The van der Waals surface area contributed by atoms with Crippen molar-refractivity contribution < 1.29 is 18.0 Å². The van der Waals surface area contributed by atoms with Crippen LogP contribution in [0.4, 0.5) is 5.69 Å². The van der Waals surface area contributed by atoms with E-state index in [0.29, 0.717) is 22.2 Å². The molecule has 0 unspecified atom stereocenters. The third kappa shape index (κ3) is 10.1. The number of amides is 2. The molecule has 0 aliphatic rings. The Morgan fingerprint density at radius 2 is 1.56 bits per heavy atom. The predicted octanol–water partition coefficient (Wildman–Crippen LogP) is 6.09. The summed E-state index contributed by atoms with van der Waals surface area (Å²) < 4.78 is 26.4. The fraction of sp³-hybridized carbons (Fsp3) is 0.355. The zero-order valence-electron chi connectivity index (χ0n) is 23.6. The molecule has 0 bridgehead atoms. The smallest absolute Gasteiger partial charge is 0.243 e. The van der Waals surface area contributed by atoms with Crippen molar-refractivity contribution in [2.75, 3.05) is 17.1 Å². The van der Waals surface area contributed by atoms with Crippen molar-refractivity contribution in [3.63, 3.8) is 0 Å². The summed E-state index contributed by atoms with van der Waals surface area (Å²) in [5.74, 6) is -0.493. The lowest BCUT2D eigenvalue weighted by Gasteiger charge is -2.32. The van der Waals surface area contributed by atoms with Gasteiger partial charge in [0, 0.05) is 42.0 Å². The van der Waals surface area contributed by atoms with Crippen LogP contribution in [0.15, 0.2) is 78.9 Å². The minimum absolute atomic E-state index is 0.0437.